The van der Waals surface area contributed by atoms with Crippen LogP contribution in [0.25, 0.3) is 10.2 Å². The molecule has 1 fully saturated rings. The van der Waals surface area contributed by atoms with Crippen molar-refractivity contribution < 1.29 is 13.2 Å². The number of anilines is 1. The molecular formula is C17H16ClN3O3S3. The summed E-state index contributed by atoms with van der Waals surface area (Å²) < 4.78 is 28.3. The first-order valence-electron chi connectivity index (χ1n) is 8.37. The van der Waals surface area contributed by atoms with Crippen LogP contribution in [0.5, 0.6) is 0 Å². The number of amides is 1. The predicted molar refractivity (Wildman–Crippen MR) is 109 cm³/mol. The van der Waals surface area contributed by atoms with Crippen molar-refractivity contribution in [1.82, 2.24) is 9.29 Å². The SMILES string of the molecule is O=C(Nc1nc2ccc(Cl)cc2s1)[C@@H]1CCCCN1S(=O)(=O)c1cccs1. The largest absolute Gasteiger partial charge is 0.301 e. The number of aromatic nitrogens is 1. The highest BCUT2D eigenvalue weighted by Crippen LogP contribution is 2.31. The van der Waals surface area contributed by atoms with Crippen molar-refractivity contribution in [2.45, 2.75) is 29.5 Å². The summed E-state index contributed by atoms with van der Waals surface area (Å²) in [6.07, 6.45) is 2.05. The van der Waals surface area contributed by atoms with E-state index in [0.29, 0.717) is 23.1 Å². The first-order valence-corrected chi connectivity index (χ1v) is 11.9. The zero-order valence-electron chi connectivity index (χ0n) is 14.1. The van der Waals surface area contributed by atoms with Gasteiger partial charge in [0.1, 0.15) is 10.3 Å². The minimum Gasteiger partial charge on any atom is -0.301 e. The van der Waals surface area contributed by atoms with E-state index < -0.39 is 16.1 Å². The zero-order valence-corrected chi connectivity index (χ0v) is 17.3. The molecular weight excluding hydrogens is 426 g/mol. The van der Waals surface area contributed by atoms with Gasteiger partial charge in [-0.2, -0.15) is 4.31 Å². The number of hydrogen-bond acceptors (Lipinski definition) is 6. The van der Waals surface area contributed by atoms with E-state index in [1.54, 1.807) is 35.7 Å². The van der Waals surface area contributed by atoms with E-state index in [1.165, 1.54) is 15.6 Å². The molecule has 1 atom stereocenters. The third-order valence-corrected chi connectivity index (χ3v) is 8.84. The van der Waals surface area contributed by atoms with Crippen molar-refractivity contribution in [1.29, 1.82) is 0 Å². The molecule has 0 bridgehead atoms. The molecule has 0 aliphatic carbocycles. The summed E-state index contributed by atoms with van der Waals surface area (Å²) in [6.45, 7) is 0.341. The lowest BCUT2D eigenvalue weighted by Gasteiger charge is -2.32. The summed E-state index contributed by atoms with van der Waals surface area (Å²) in [5, 5.41) is 5.55. The molecule has 1 aromatic carbocycles. The molecule has 1 N–H and O–H groups in total. The van der Waals surface area contributed by atoms with Crippen LogP contribution in [0.3, 0.4) is 0 Å². The van der Waals surface area contributed by atoms with Crippen molar-refractivity contribution in [2.75, 3.05) is 11.9 Å². The number of piperidine rings is 1. The highest BCUT2D eigenvalue weighted by Gasteiger charge is 2.38. The van der Waals surface area contributed by atoms with Gasteiger partial charge in [-0.05, 0) is 42.5 Å². The maximum Gasteiger partial charge on any atom is 0.253 e. The number of thiazole rings is 1. The number of hydrogen-bond donors (Lipinski definition) is 1. The molecule has 1 aliphatic rings. The van der Waals surface area contributed by atoms with Gasteiger partial charge in [0.15, 0.2) is 5.13 Å². The van der Waals surface area contributed by atoms with E-state index in [2.05, 4.69) is 10.3 Å². The van der Waals surface area contributed by atoms with Crippen LogP contribution in [0.1, 0.15) is 19.3 Å². The average Bonchev–Trinajstić information content (AvgIpc) is 3.31. The van der Waals surface area contributed by atoms with Crippen molar-refractivity contribution in [2.24, 2.45) is 0 Å². The van der Waals surface area contributed by atoms with Gasteiger partial charge in [-0.3, -0.25) is 4.79 Å². The summed E-state index contributed by atoms with van der Waals surface area (Å²) in [4.78, 5) is 17.3. The molecule has 1 saturated heterocycles. The summed E-state index contributed by atoms with van der Waals surface area (Å²) >= 11 is 8.47. The standard InChI is InChI=1S/C17H16ClN3O3S3/c18-11-6-7-12-14(10-11)26-17(19-12)20-16(22)13-4-1-2-8-21(13)27(23,24)15-5-3-9-25-15/h3,5-7,9-10,13H,1-2,4,8H2,(H,19,20,22)/t13-/m0/s1. The quantitative estimate of drug-likeness (QED) is 0.658. The van der Waals surface area contributed by atoms with Crippen LogP contribution in [0.15, 0.2) is 39.9 Å². The Kier molecular flexibility index (Phi) is 5.21. The first-order chi connectivity index (χ1) is 12.9. The van der Waals surface area contributed by atoms with Crippen LogP contribution in [-0.2, 0) is 14.8 Å². The average molecular weight is 442 g/mol. The molecule has 0 radical (unpaired) electrons. The molecule has 0 spiro atoms. The Balaban J connectivity index is 1.58. The Morgan fingerprint density at radius 2 is 2.15 bits per heavy atom. The zero-order chi connectivity index (χ0) is 19.0. The van der Waals surface area contributed by atoms with Gasteiger partial charge in [-0.25, -0.2) is 13.4 Å². The minimum atomic E-state index is -3.68. The summed E-state index contributed by atoms with van der Waals surface area (Å²) in [6, 6.07) is 7.85. The third kappa shape index (κ3) is 3.74. The normalized spacial score (nSPS) is 18.6. The summed E-state index contributed by atoms with van der Waals surface area (Å²) in [5.41, 5.74) is 0.742. The number of thiophene rings is 1. The molecule has 0 unspecified atom stereocenters. The lowest BCUT2D eigenvalue weighted by molar-refractivity contribution is -0.120. The van der Waals surface area contributed by atoms with E-state index in [1.807, 2.05) is 0 Å². The molecule has 10 heteroatoms. The topological polar surface area (TPSA) is 79.4 Å². The molecule has 1 amide bonds. The number of rotatable bonds is 4. The van der Waals surface area contributed by atoms with Gasteiger partial charge in [-0.15, -0.1) is 11.3 Å². The van der Waals surface area contributed by atoms with Crippen molar-refractivity contribution in [3.8, 4) is 0 Å². The fourth-order valence-corrected chi connectivity index (χ4v) is 7.04. The molecule has 2 aromatic heterocycles. The smallest absolute Gasteiger partial charge is 0.253 e. The minimum absolute atomic E-state index is 0.261. The summed E-state index contributed by atoms with van der Waals surface area (Å²) in [5.74, 6) is -0.347. The van der Waals surface area contributed by atoms with Crippen LogP contribution in [0.2, 0.25) is 5.02 Å². The maximum atomic E-state index is 12.9. The monoisotopic (exact) mass is 441 g/mol. The molecule has 27 heavy (non-hydrogen) atoms. The molecule has 142 valence electrons. The molecule has 4 rings (SSSR count). The maximum absolute atomic E-state index is 12.9. The fraction of sp³-hybridized carbons (Fsp3) is 0.294. The van der Waals surface area contributed by atoms with Gasteiger partial charge in [0.25, 0.3) is 10.0 Å². The van der Waals surface area contributed by atoms with Crippen LogP contribution in [0.4, 0.5) is 5.13 Å². The number of fused-ring (bicyclic) bond motifs is 1. The molecule has 6 nitrogen and oxygen atoms in total. The Bertz CT molecular complexity index is 1080. The lowest BCUT2D eigenvalue weighted by atomic mass is 10.0. The van der Waals surface area contributed by atoms with Gasteiger partial charge in [-0.1, -0.05) is 35.4 Å². The molecule has 0 saturated carbocycles. The Hall–Kier alpha value is -1.52. The highest BCUT2D eigenvalue weighted by molar-refractivity contribution is 7.91. The van der Waals surface area contributed by atoms with Crippen LogP contribution in [-0.4, -0.2) is 36.2 Å². The van der Waals surface area contributed by atoms with E-state index in [-0.39, 0.29) is 10.1 Å². The number of sulfonamides is 1. The van der Waals surface area contributed by atoms with Crippen molar-refractivity contribution in [3.05, 3.63) is 40.7 Å². The second-order valence-corrected chi connectivity index (χ2v) is 10.7. The lowest BCUT2D eigenvalue weighted by Crippen LogP contribution is -2.49. The van der Waals surface area contributed by atoms with Gasteiger partial charge in [0.2, 0.25) is 5.91 Å². The number of carbonyl (C=O) groups is 1. The van der Waals surface area contributed by atoms with Crippen molar-refractivity contribution in [3.63, 3.8) is 0 Å². The summed E-state index contributed by atoms with van der Waals surface area (Å²) in [7, 11) is -3.68. The number of halogens is 1. The Morgan fingerprint density at radius 1 is 1.30 bits per heavy atom. The van der Waals surface area contributed by atoms with E-state index in [0.717, 1.165) is 34.4 Å². The first kappa shape index (κ1) is 18.8. The van der Waals surface area contributed by atoms with Gasteiger partial charge >= 0.3 is 0 Å². The van der Waals surface area contributed by atoms with Crippen LogP contribution in [0, 0.1) is 0 Å². The third-order valence-electron chi connectivity index (χ3n) is 4.39. The second-order valence-electron chi connectivity index (χ2n) is 6.18. The Labute approximate surface area is 169 Å². The number of nitrogens with one attached hydrogen (secondary N) is 1. The van der Waals surface area contributed by atoms with Gasteiger partial charge < -0.3 is 5.32 Å². The van der Waals surface area contributed by atoms with E-state index >= 15 is 0 Å². The van der Waals surface area contributed by atoms with Gasteiger partial charge in [0, 0.05) is 11.6 Å². The highest BCUT2D eigenvalue weighted by atomic mass is 35.5. The van der Waals surface area contributed by atoms with Crippen molar-refractivity contribution >= 4 is 65.6 Å². The second kappa shape index (κ2) is 7.48. The van der Waals surface area contributed by atoms with Gasteiger partial charge in [0.05, 0.1) is 10.2 Å². The van der Waals surface area contributed by atoms with E-state index in [4.69, 9.17) is 11.6 Å². The van der Waals surface area contributed by atoms with Crippen LogP contribution >= 0.6 is 34.3 Å². The molecule has 3 aromatic rings. The number of nitrogens with zero attached hydrogens (tertiary/aromatic N) is 2. The number of benzene rings is 1. The van der Waals surface area contributed by atoms with Crippen LogP contribution < -0.4 is 5.32 Å². The predicted octanol–water partition coefficient (Wildman–Crippen LogP) is 4.19. The Morgan fingerprint density at radius 3 is 2.93 bits per heavy atom. The molecule has 1 aliphatic heterocycles. The fourth-order valence-electron chi connectivity index (χ4n) is 3.12. The number of carbonyl (C=O) groups excluding carboxylic acids is 1. The van der Waals surface area contributed by atoms with E-state index in [9.17, 15) is 13.2 Å². The molecule has 3 heterocycles.